The molecule has 2 aromatic rings. The second-order valence-electron chi connectivity index (χ2n) is 6.01. The van der Waals surface area contributed by atoms with Gasteiger partial charge in [-0.2, -0.15) is 5.26 Å². The first kappa shape index (κ1) is 20.5. The van der Waals surface area contributed by atoms with Gasteiger partial charge in [-0.3, -0.25) is 4.79 Å². The normalized spacial score (nSPS) is 11.0. The molecule has 1 aromatic heterocycles. The topological polar surface area (TPSA) is 113 Å². The van der Waals surface area contributed by atoms with Crippen molar-refractivity contribution in [2.75, 3.05) is 26.5 Å². The predicted molar refractivity (Wildman–Crippen MR) is 98.6 cm³/mol. The number of aromatic nitrogens is 1. The van der Waals surface area contributed by atoms with E-state index in [1.807, 2.05) is 6.07 Å². The van der Waals surface area contributed by atoms with E-state index in [0.29, 0.717) is 17.1 Å². The van der Waals surface area contributed by atoms with E-state index in [1.165, 1.54) is 11.9 Å². The van der Waals surface area contributed by atoms with Gasteiger partial charge in [-0.15, -0.1) is 0 Å². The molecular formula is C18H21N3O5S. The number of carbonyl (C=O) groups excluding carboxylic acids is 1. The summed E-state index contributed by atoms with van der Waals surface area (Å²) >= 11 is 0. The Morgan fingerprint density at radius 1 is 1.41 bits per heavy atom. The Balaban J connectivity index is 2.14. The molecule has 0 bridgehead atoms. The summed E-state index contributed by atoms with van der Waals surface area (Å²) in [6.07, 6.45) is 0.147. The maximum atomic E-state index is 12.4. The smallest absolute Gasteiger partial charge is 0.237 e. The Labute approximate surface area is 158 Å². The SMILES string of the molecule is COc1cccc(-c2nc(CS(=O)(=O)CC(=O)N(C)CCC#N)c(C)o2)c1. The number of hydrogen-bond donors (Lipinski definition) is 0. The maximum Gasteiger partial charge on any atom is 0.237 e. The molecule has 144 valence electrons. The van der Waals surface area contributed by atoms with Crippen molar-refractivity contribution in [3.8, 4) is 23.3 Å². The van der Waals surface area contributed by atoms with E-state index < -0.39 is 27.3 Å². The lowest BCUT2D eigenvalue weighted by molar-refractivity contribution is -0.127. The third-order valence-electron chi connectivity index (χ3n) is 3.89. The molecule has 0 aliphatic heterocycles. The summed E-state index contributed by atoms with van der Waals surface area (Å²) in [5.41, 5.74) is 0.925. The molecule has 0 saturated heterocycles. The van der Waals surface area contributed by atoms with Gasteiger partial charge in [0.05, 0.1) is 31.0 Å². The van der Waals surface area contributed by atoms with Gasteiger partial charge < -0.3 is 14.1 Å². The van der Waals surface area contributed by atoms with E-state index in [2.05, 4.69) is 4.98 Å². The third kappa shape index (κ3) is 5.56. The molecular weight excluding hydrogens is 370 g/mol. The fraction of sp³-hybridized carbons (Fsp3) is 0.389. The molecule has 0 radical (unpaired) electrons. The molecule has 1 amide bonds. The quantitative estimate of drug-likeness (QED) is 0.675. The van der Waals surface area contributed by atoms with Gasteiger partial charge >= 0.3 is 0 Å². The number of rotatable bonds is 8. The summed E-state index contributed by atoms with van der Waals surface area (Å²) in [6.45, 7) is 1.82. The zero-order valence-corrected chi connectivity index (χ0v) is 16.2. The molecule has 2 rings (SSSR count). The lowest BCUT2D eigenvalue weighted by Gasteiger charge is -2.15. The second-order valence-corrected chi connectivity index (χ2v) is 8.07. The van der Waals surface area contributed by atoms with E-state index in [4.69, 9.17) is 14.4 Å². The van der Waals surface area contributed by atoms with Crippen LogP contribution in [0.4, 0.5) is 0 Å². The zero-order valence-electron chi connectivity index (χ0n) is 15.4. The minimum atomic E-state index is -3.73. The van der Waals surface area contributed by atoms with Gasteiger partial charge in [0, 0.05) is 19.2 Å². The number of oxazole rings is 1. The first-order valence-electron chi connectivity index (χ1n) is 8.18. The molecule has 8 nitrogen and oxygen atoms in total. The number of aryl methyl sites for hydroxylation is 1. The molecule has 9 heteroatoms. The van der Waals surface area contributed by atoms with Gasteiger partial charge in [0.15, 0.2) is 9.84 Å². The highest BCUT2D eigenvalue weighted by Crippen LogP contribution is 2.26. The summed E-state index contributed by atoms with van der Waals surface area (Å²) < 4.78 is 35.5. The Hall–Kier alpha value is -2.86. The third-order valence-corrected chi connectivity index (χ3v) is 5.29. The first-order valence-corrected chi connectivity index (χ1v) is 10.00. The first-order chi connectivity index (χ1) is 12.8. The van der Waals surface area contributed by atoms with Crippen LogP contribution in [0.5, 0.6) is 5.75 Å². The van der Waals surface area contributed by atoms with E-state index in [0.717, 1.165) is 0 Å². The van der Waals surface area contributed by atoms with Crippen molar-refractivity contribution in [3.63, 3.8) is 0 Å². The van der Waals surface area contributed by atoms with Crippen LogP contribution in [0.3, 0.4) is 0 Å². The van der Waals surface area contributed by atoms with Crippen molar-refractivity contribution in [2.24, 2.45) is 0 Å². The van der Waals surface area contributed by atoms with E-state index >= 15 is 0 Å². The number of carbonyl (C=O) groups is 1. The molecule has 0 atom stereocenters. The van der Waals surface area contributed by atoms with Crippen molar-refractivity contribution in [3.05, 3.63) is 35.7 Å². The van der Waals surface area contributed by atoms with Crippen LogP contribution in [-0.4, -0.2) is 50.7 Å². The minimum Gasteiger partial charge on any atom is -0.497 e. The van der Waals surface area contributed by atoms with Crippen LogP contribution >= 0.6 is 0 Å². The minimum absolute atomic E-state index is 0.147. The molecule has 0 saturated carbocycles. The number of ether oxygens (including phenoxy) is 1. The van der Waals surface area contributed by atoms with Crippen molar-refractivity contribution in [1.82, 2.24) is 9.88 Å². The lowest BCUT2D eigenvalue weighted by atomic mass is 10.2. The summed E-state index contributed by atoms with van der Waals surface area (Å²) in [4.78, 5) is 17.5. The van der Waals surface area contributed by atoms with E-state index in [-0.39, 0.29) is 24.6 Å². The van der Waals surface area contributed by atoms with Crippen LogP contribution in [-0.2, 0) is 20.4 Å². The molecule has 0 spiro atoms. The zero-order chi connectivity index (χ0) is 20.0. The number of hydrogen-bond acceptors (Lipinski definition) is 7. The molecule has 0 aliphatic rings. The number of methoxy groups -OCH3 is 1. The summed E-state index contributed by atoms with van der Waals surface area (Å²) in [7, 11) is -0.715. The van der Waals surface area contributed by atoms with Crippen molar-refractivity contribution >= 4 is 15.7 Å². The molecule has 27 heavy (non-hydrogen) atoms. The second kappa shape index (κ2) is 8.68. The Morgan fingerprint density at radius 3 is 2.81 bits per heavy atom. The number of nitriles is 1. The summed E-state index contributed by atoms with van der Waals surface area (Å²) in [5.74, 6) is -0.307. The van der Waals surface area contributed by atoms with Gasteiger partial charge in [0.1, 0.15) is 17.3 Å². The number of amides is 1. The molecule has 0 fully saturated rings. The van der Waals surface area contributed by atoms with Crippen LogP contribution in [0.15, 0.2) is 28.7 Å². The Kier molecular flexibility index (Phi) is 6.58. The average Bonchev–Trinajstić information content (AvgIpc) is 2.99. The highest BCUT2D eigenvalue weighted by atomic mass is 32.2. The van der Waals surface area contributed by atoms with Crippen LogP contribution in [0.2, 0.25) is 0 Å². The maximum absolute atomic E-state index is 12.4. The number of nitrogens with zero attached hydrogens (tertiary/aromatic N) is 3. The van der Waals surface area contributed by atoms with Crippen molar-refractivity contribution in [1.29, 1.82) is 5.26 Å². The van der Waals surface area contributed by atoms with E-state index in [9.17, 15) is 13.2 Å². The fourth-order valence-electron chi connectivity index (χ4n) is 2.34. The highest BCUT2D eigenvalue weighted by molar-refractivity contribution is 7.91. The number of sulfone groups is 1. The standard InChI is InChI=1S/C18H21N3O5S/c1-13-16(11-27(23,24)12-17(22)21(2)9-5-8-19)20-18(26-13)14-6-4-7-15(10-14)25-3/h4,6-7,10H,5,9,11-12H2,1-3H3. The monoisotopic (exact) mass is 391 g/mol. The van der Waals surface area contributed by atoms with Crippen LogP contribution in [0, 0.1) is 18.3 Å². The molecule has 0 unspecified atom stereocenters. The van der Waals surface area contributed by atoms with Gasteiger partial charge in [-0.25, -0.2) is 13.4 Å². The summed E-state index contributed by atoms with van der Waals surface area (Å²) in [6, 6.07) is 8.98. The Bertz CT molecular complexity index is 960. The van der Waals surface area contributed by atoms with Crippen LogP contribution in [0.1, 0.15) is 17.9 Å². The number of benzene rings is 1. The lowest BCUT2D eigenvalue weighted by Crippen LogP contribution is -2.33. The molecule has 0 N–H and O–H groups in total. The molecule has 1 heterocycles. The molecule has 1 aromatic carbocycles. The van der Waals surface area contributed by atoms with Crippen molar-refractivity contribution in [2.45, 2.75) is 19.1 Å². The highest BCUT2D eigenvalue weighted by Gasteiger charge is 2.23. The summed E-state index contributed by atoms with van der Waals surface area (Å²) in [5, 5.41) is 8.55. The largest absolute Gasteiger partial charge is 0.497 e. The predicted octanol–water partition coefficient (Wildman–Crippen LogP) is 1.95. The van der Waals surface area contributed by atoms with E-state index in [1.54, 1.807) is 38.3 Å². The Morgan fingerprint density at radius 2 is 2.15 bits per heavy atom. The average molecular weight is 391 g/mol. The van der Waals surface area contributed by atoms with Crippen molar-refractivity contribution < 1.29 is 22.4 Å². The van der Waals surface area contributed by atoms with Gasteiger partial charge in [0.25, 0.3) is 0 Å². The fourth-order valence-corrected chi connectivity index (χ4v) is 3.72. The van der Waals surface area contributed by atoms with Gasteiger partial charge in [-0.1, -0.05) is 6.07 Å². The van der Waals surface area contributed by atoms with Gasteiger partial charge in [-0.05, 0) is 25.1 Å². The molecule has 0 aliphatic carbocycles. The van der Waals surface area contributed by atoms with Crippen LogP contribution in [0.25, 0.3) is 11.5 Å². The van der Waals surface area contributed by atoms with Gasteiger partial charge in [0.2, 0.25) is 11.8 Å². The van der Waals surface area contributed by atoms with Crippen LogP contribution < -0.4 is 4.74 Å².